The maximum Gasteiger partial charge on any atom is 0.278 e. The number of nitrogens with zero attached hydrogens (tertiary/aromatic N) is 3. The summed E-state index contributed by atoms with van der Waals surface area (Å²) in [5, 5.41) is 7.73. The van der Waals surface area contributed by atoms with Crippen molar-refractivity contribution in [3.8, 4) is 0 Å². The third-order valence-electron chi connectivity index (χ3n) is 4.92. The molecule has 1 aromatic carbocycles. The average Bonchev–Trinajstić information content (AvgIpc) is 3.45. The summed E-state index contributed by atoms with van der Waals surface area (Å²) < 4.78 is 49.3. The lowest BCUT2D eigenvalue weighted by atomic mass is 10.1. The van der Waals surface area contributed by atoms with Crippen LogP contribution in [0.1, 0.15) is 12.0 Å². The Kier molecular flexibility index (Phi) is 6.60. The van der Waals surface area contributed by atoms with Crippen LogP contribution in [0.25, 0.3) is 0 Å². The summed E-state index contributed by atoms with van der Waals surface area (Å²) in [7, 11) is -3.52. The second-order valence-electron chi connectivity index (χ2n) is 6.99. The Bertz CT molecular complexity index is 1060. The third kappa shape index (κ3) is 5.09. The lowest BCUT2D eigenvalue weighted by molar-refractivity contribution is -0.110. The van der Waals surface area contributed by atoms with Crippen molar-refractivity contribution in [1.82, 2.24) is 9.99 Å². The normalized spacial score (nSPS) is 20.1. The number of morpholine rings is 1. The van der Waals surface area contributed by atoms with Crippen LogP contribution in [0.5, 0.6) is 0 Å². The summed E-state index contributed by atoms with van der Waals surface area (Å²) in [4.78, 5) is 16.9. The predicted molar refractivity (Wildman–Crippen MR) is 112 cm³/mol. The SMILES string of the molecule is O=C(Nc1ncc(F)s1)/C(=N\N1CCOCC1)c1ccc(S(=O)(=O)[C@H]2CCOC2)cc1. The van der Waals surface area contributed by atoms with Gasteiger partial charge in [0.2, 0.25) is 0 Å². The molecule has 2 aromatic rings. The first-order valence-electron chi connectivity index (χ1n) is 9.69. The summed E-state index contributed by atoms with van der Waals surface area (Å²) in [6, 6.07) is 6.02. The van der Waals surface area contributed by atoms with Crippen molar-refractivity contribution in [1.29, 1.82) is 0 Å². The molecule has 1 amide bonds. The van der Waals surface area contributed by atoms with Crippen LogP contribution in [0.2, 0.25) is 0 Å². The van der Waals surface area contributed by atoms with Crippen molar-refractivity contribution >= 4 is 37.9 Å². The fraction of sp³-hybridized carbons (Fsp3) is 0.421. The van der Waals surface area contributed by atoms with E-state index in [1.807, 2.05) is 0 Å². The minimum atomic E-state index is -3.52. The van der Waals surface area contributed by atoms with Gasteiger partial charge in [0.1, 0.15) is 0 Å². The molecule has 0 radical (unpaired) electrons. The summed E-state index contributed by atoms with van der Waals surface area (Å²) in [6.45, 7) is 2.59. The van der Waals surface area contributed by atoms with Crippen molar-refractivity contribution in [2.75, 3.05) is 44.8 Å². The van der Waals surface area contributed by atoms with Crippen LogP contribution in [0.15, 0.2) is 40.5 Å². The molecule has 12 heteroatoms. The van der Waals surface area contributed by atoms with Crippen LogP contribution in [0.4, 0.5) is 9.52 Å². The maximum absolute atomic E-state index is 13.2. The Balaban J connectivity index is 1.61. The zero-order valence-electron chi connectivity index (χ0n) is 16.5. The standard InChI is InChI=1S/C19H21FN4O5S2/c20-16-11-21-19(30-16)22-18(25)17(23-24-6-9-28-10-7-24)13-1-3-14(4-2-13)31(26,27)15-5-8-29-12-15/h1-4,11,15H,5-10,12H2,(H,21,22,25)/b23-17-/t15-/m0/s1. The smallest absolute Gasteiger partial charge is 0.278 e. The summed E-state index contributed by atoms with van der Waals surface area (Å²) in [5.41, 5.74) is 0.508. The molecule has 0 spiro atoms. The van der Waals surface area contributed by atoms with E-state index >= 15 is 0 Å². The van der Waals surface area contributed by atoms with E-state index in [1.54, 1.807) is 17.1 Å². The van der Waals surface area contributed by atoms with Crippen LogP contribution >= 0.6 is 11.3 Å². The van der Waals surface area contributed by atoms with Gasteiger partial charge in [-0.1, -0.05) is 23.5 Å². The topological polar surface area (TPSA) is 110 Å². The largest absolute Gasteiger partial charge is 0.380 e. The molecule has 2 aliphatic heterocycles. The molecule has 166 valence electrons. The highest BCUT2D eigenvalue weighted by molar-refractivity contribution is 7.92. The van der Waals surface area contributed by atoms with E-state index in [4.69, 9.17) is 9.47 Å². The Hall–Kier alpha value is -2.41. The van der Waals surface area contributed by atoms with E-state index in [0.717, 1.165) is 6.20 Å². The second kappa shape index (κ2) is 9.39. The van der Waals surface area contributed by atoms with E-state index < -0.39 is 26.1 Å². The molecule has 2 fully saturated rings. The lowest BCUT2D eigenvalue weighted by Gasteiger charge is -2.25. The van der Waals surface area contributed by atoms with Gasteiger partial charge in [0, 0.05) is 12.2 Å². The van der Waals surface area contributed by atoms with Crippen molar-refractivity contribution in [2.45, 2.75) is 16.6 Å². The number of hydrogen-bond donors (Lipinski definition) is 1. The van der Waals surface area contributed by atoms with Gasteiger partial charge in [0.05, 0.1) is 49.3 Å². The number of hydrazone groups is 1. The van der Waals surface area contributed by atoms with E-state index in [-0.39, 0.29) is 22.3 Å². The molecular formula is C19H21FN4O5S2. The van der Waals surface area contributed by atoms with Gasteiger partial charge in [-0.2, -0.15) is 9.49 Å². The van der Waals surface area contributed by atoms with Gasteiger partial charge in [-0.3, -0.25) is 15.1 Å². The minimum Gasteiger partial charge on any atom is -0.380 e. The molecule has 31 heavy (non-hydrogen) atoms. The number of benzene rings is 1. The quantitative estimate of drug-likeness (QED) is 0.640. The van der Waals surface area contributed by atoms with E-state index in [0.29, 0.717) is 56.2 Å². The fourth-order valence-electron chi connectivity index (χ4n) is 3.25. The van der Waals surface area contributed by atoms with Crippen LogP contribution in [0.3, 0.4) is 0 Å². The predicted octanol–water partition coefficient (Wildman–Crippen LogP) is 1.52. The molecule has 3 heterocycles. The molecule has 0 saturated carbocycles. The van der Waals surface area contributed by atoms with E-state index in [9.17, 15) is 17.6 Å². The fourth-order valence-corrected chi connectivity index (χ4v) is 5.37. The van der Waals surface area contributed by atoms with Gasteiger partial charge in [-0.15, -0.1) is 0 Å². The molecule has 1 aromatic heterocycles. The first-order chi connectivity index (χ1) is 14.9. The van der Waals surface area contributed by atoms with Gasteiger partial charge >= 0.3 is 0 Å². The highest BCUT2D eigenvalue weighted by Crippen LogP contribution is 2.23. The van der Waals surface area contributed by atoms with Crippen molar-refractivity contribution in [3.63, 3.8) is 0 Å². The highest BCUT2D eigenvalue weighted by atomic mass is 32.2. The number of sulfone groups is 1. The van der Waals surface area contributed by atoms with Gasteiger partial charge in [-0.05, 0) is 18.6 Å². The number of carbonyl (C=O) groups is 1. The van der Waals surface area contributed by atoms with E-state index in [2.05, 4.69) is 15.4 Å². The van der Waals surface area contributed by atoms with Crippen LogP contribution in [0, 0.1) is 5.13 Å². The van der Waals surface area contributed by atoms with Crippen LogP contribution in [-0.4, -0.2) is 74.8 Å². The Labute approximate surface area is 182 Å². The number of thiazole rings is 1. The monoisotopic (exact) mass is 468 g/mol. The molecule has 9 nitrogen and oxygen atoms in total. The second-order valence-corrected chi connectivity index (χ2v) is 10.2. The summed E-state index contributed by atoms with van der Waals surface area (Å²) >= 11 is 0.705. The summed E-state index contributed by atoms with van der Waals surface area (Å²) in [5.74, 6) is -0.569. The van der Waals surface area contributed by atoms with Gasteiger partial charge in [0.15, 0.2) is 25.8 Å². The number of anilines is 1. The molecule has 0 bridgehead atoms. The molecule has 4 rings (SSSR count). The van der Waals surface area contributed by atoms with E-state index in [1.165, 1.54) is 12.1 Å². The molecule has 2 aliphatic rings. The van der Waals surface area contributed by atoms with Gasteiger partial charge in [-0.25, -0.2) is 13.4 Å². The van der Waals surface area contributed by atoms with Crippen molar-refractivity contribution < 1.29 is 27.1 Å². The zero-order valence-corrected chi connectivity index (χ0v) is 18.1. The number of halogens is 1. The number of nitrogens with one attached hydrogen (secondary N) is 1. The zero-order chi connectivity index (χ0) is 21.8. The van der Waals surface area contributed by atoms with Gasteiger partial charge in [0.25, 0.3) is 5.91 Å². The third-order valence-corrected chi connectivity index (χ3v) is 7.80. The first kappa shape index (κ1) is 21.8. The number of ether oxygens (including phenoxy) is 2. The molecule has 2 saturated heterocycles. The molecule has 0 aliphatic carbocycles. The maximum atomic E-state index is 13.2. The van der Waals surface area contributed by atoms with Crippen molar-refractivity contribution in [2.24, 2.45) is 5.10 Å². The molecular weight excluding hydrogens is 447 g/mol. The number of rotatable bonds is 6. The van der Waals surface area contributed by atoms with Crippen LogP contribution < -0.4 is 5.32 Å². The number of carbonyl (C=O) groups excluding carboxylic acids is 1. The molecule has 0 unspecified atom stereocenters. The Morgan fingerprint density at radius 2 is 1.94 bits per heavy atom. The van der Waals surface area contributed by atoms with Crippen molar-refractivity contribution in [3.05, 3.63) is 41.2 Å². The first-order valence-corrected chi connectivity index (χ1v) is 12.1. The number of amides is 1. The Morgan fingerprint density at radius 3 is 2.55 bits per heavy atom. The lowest BCUT2D eigenvalue weighted by Crippen LogP contribution is -2.35. The average molecular weight is 469 g/mol. The molecule has 1 atom stereocenters. The van der Waals surface area contributed by atoms with Crippen LogP contribution in [-0.2, 0) is 24.1 Å². The minimum absolute atomic E-state index is 0.0747. The number of aromatic nitrogens is 1. The van der Waals surface area contributed by atoms with Gasteiger partial charge < -0.3 is 9.47 Å². The Morgan fingerprint density at radius 1 is 1.19 bits per heavy atom. The summed E-state index contributed by atoms with van der Waals surface area (Å²) in [6.07, 6.45) is 1.48. The number of hydrogen-bond acceptors (Lipinski definition) is 9. The highest BCUT2D eigenvalue weighted by Gasteiger charge is 2.31. The molecule has 1 N–H and O–H groups in total.